The van der Waals surface area contributed by atoms with Crippen LogP contribution in [0.5, 0.6) is 0 Å². The molecule has 0 bridgehead atoms. The van der Waals surface area contributed by atoms with Crippen LogP contribution in [-0.4, -0.2) is 35.6 Å². The summed E-state index contributed by atoms with van der Waals surface area (Å²) in [5.41, 5.74) is -1.67. The Bertz CT molecular complexity index is 1240. The molecule has 3 aromatic heterocycles. The van der Waals surface area contributed by atoms with E-state index in [1.807, 2.05) is 10.8 Å². The minimum absolute atomic E-state index is 0.120. The van der Waals surface area contributed by atoms with Crippen molar-refractivity contribution in [3.63, 3.8) is 0 Å². The molecule has 1 aromatic carbocycles. The minimum Gasteiger partial charge on any atom is -0.354 e. The van der Waals surface area contributed by atoms with E-state index < -0.39 is 29.8 Å². The third-order valence-corrected chi connectivity index (χ3v) is 4.65. The molecule has 0 atom stereocenters. The molecule has 0 aliphatic heterocycles. The molecule has 0 fully saturated rings. The molecule has 0 saturated carbocycles. The Morgan fingerprint density at radius 3 is 2.81 bits per heavy atom. The molecule has 3 heterocycles. The Hall–Kier alpha value is -3.70. The van der Waals surface area contributed by atoms with Crippen molar-refractivity contribution in [3.05, 3.63) is 70.5 Å². The van der Waals surface area contributed by atoms with Crippen LogP contribution >= 0.6 is 0 Å². The van der Waals surface area contributed by atoms with E-state index in [1.165, 1.54) is 6.20 Å². The highest BCUT2D eigenvalue weighted by Crippen LogP contribution is 2.32. The van der Waals surface area contributed by atoms with Gasteiger partial charge < -0.3 is 14.9 Å². The maximum atomic E-state index is 13.6. The summed E-state index contributed by atoms with van der Waals surface area (Å²) in [6.07, 6.45) is 2.64. The van der Waals surface area contributed by atoms with Crippen LogP contribution in [0.4, 0.5) is 23.5 Å². The van der Waals surface area contributed by atoms with Gasteiger partial charge in [-0.25, -0.2) is 19.2 Å². The fourth-order valence-electron chi connectivity index (χ4n) is 3.20. The molecule has 0 radical (unpaired) electrons. The number of imidazole rings is 2. The van der Waals surface area contributed by atoms with E-state index in [-0.39, 0.29) is 22.7 Å². The summed E-state index contributed by atoms with van der Waals surface area (Å²) >= 11 is 0. The Kier molecular flexibility index (Phi) is 5.44. The van der Waals surface area contributed by atoms with Gasteiger partial charge in [-0.3, -0.25) is 4.57 Å². The molecule has 162 valence electrons. The molecule has 0 saturated heterocycles. The zero-order chi connectivity index (χ0) is 22.0. The Labute approximate surface area is 172 Å². The highest BCUT2D eigenvalue weighted by molar-refractivity contribution is 5.71. The van der Waals surface area contributed by atoms with Crippen LogP contribution in [-0.2, 0) is 19.3 Å². The van der Waals surface area contributed by atoms with Crippen LogP contribution in [0, 0.1) is 5.82 Å². The standard InChI is InChI=1S/C19H17F4N7O/c20-13-2-3-14(19(21,22)23)12(8-13)10-30-16-15(27-18(30)31)9-26-17(28-16)25-4-1-6-29-7-5-24-11-29/h2-3,5,7-9,11H,1,4,6,10H2,(H,27,31)(H,25,26,28). The highest BCUT2D eigenvalue weighted by Gasteiger charge is 2.33. The average molecular weight is 435 g/mol. The highest BCUT2D eigenvalue weighted by atomic mass is 19.4. The first kappa shape index (κ1) is 20.6. The summed E-state index contributed by atoms with van der Waals surface area (Å²) in [7, 11) is 0. The smallest absolute Gasteiger partial charge is 0.354 e. The number of aryl methyl sites for hydroxylation is 1. The molecule has 31 heavy (non-hydrogen) atoms. The Morgan fingerprint density at radius 2 is 2.06 bits per heavy atom. The number of aromatic nitrogens is 6. The lowest BCUT2D eigenvalue weighted by Crippen LogP contribution is -2.20. The molecule has 0 unspecified atom stereocenters. The second kappa shape index (κ2) is 8.20. The number of nitrogens with one attached hydrogen (secondary N) is 2. The summed E-state index contributed by atoms with van der Waals surface area (Å²) < 4.78 is 56.5. The predicted octanol–water partition coefficient (Wildman–Crippen LogP) is 3.02. The Morgan fingerprint density at radius 1 is 1.23 bits per heavy atom. The number of rotatable bonds is 7. The van der Waals surface area contributed by atoms with Gasteiger partial charge in [-0.2, -0.15) is 18.2 Å². The molecular weight excluding hydrogens is 418 g/mol. The summed E-state index contributed by atoms with van der Waals surface area (Å²) in [6, 6.07) is 2.16. The minimum atomic E-state index is -4.68. The average Bonchev–Trinajstić information content (AvgIpc) is 3.33. The van der Waals surface area contributed by atoms with E-state index in [0.29, 0.717) is 12.6 Å². The molecule has 8 nitrogen and oxygen atoms in total. The molecular formula is C19H17F4N7O. The lowest BCUT2D eigenvalue weighted by Gasteiger charge is -2.13. The van der Waals surface area contributed by atoms with E-state index in [0.717, 1.165) is 29.7 Å². The van der Waals surface area contributed by atoms with Crippen molar-refractivity contribution in [1.82, 2.24) is 29.1 Å². The number of H-pyrrole nitrogens is 1. The second-order valence-corrected chi connectivity index (χ2v) is 6.83. The van der Waals surface area contributed by atoms with Gasteiger partial charge in [0.1, 0.15) is 11.3 Å². The molecule has 4 aromatic rings. The fourth-order valence-corrected chi connectivity index (χ4v) is 3.20. The van der Waals surface area contributed by atoms with Crippen molar-refractivity contribution in [2.75, 3.05) is 11.9 Å². The SMILES string of the molecule is O=c1[nH]c2cnc(NCCCn3ccnc3)nc2n1Cc1cc(F)ccc1C(F)(F)F. The van der Waals surface area contributed by atoms with Gasteiger partial charge in [0.2, 0.25) is 5.95 Å². The van der Waals surface area contributed by atoms with E-state index in [4.69, 9.17) is 0 Å². The Balaban J connectivity index is 1.57. The monoisotopic (exact) mass is 435 g/mol. The number of alkyl halides is 3. The number of halogens is 4. The lowest BCUT2D eigenvalue weighted by molar-refractivity contribution is -0.138. The van der Waals surface area contributed by atoms with Gasteiger partial charge >= 0.3 is 11.9 Å². The fraction of sp³-hybridized carbons (Fsp3) is 0.263. The van der Waals surface area contributed by atoms with Crippen LogP contribution < -0.4 is 11.0 Å². The number of aromatic amines is 1. The first-order chi connectivity index (χ1) is 14.8. The van der Waals surface area contributed by atoms with E-state index in [2.05, 4.69) is 25.3 Å². The molecule has 12 heteroatoms. The number of hydrogen-bond acceptors (Lipinski definition) is 5. The van der Waals surface area contributed by atoms with Crippen LogP contribution in [0.2, 0.25) is 0 Å². The molecule has 0 aliphatic carbocycles. The van der Waals surface area contributed by atoms with Crippen molar-refractivity contribution >= 4 is 17.1 Å². The zero-order valence-electron chi connectivity index (χ0n) is 16.0. The van der Waals surface area contributed by atoms with E-state index in [9.17, 15) is 22.4 Å². The normalized spacial score (nSPS) is 11.9. The van der Waals surface area contributed by atoms with Gasteiger partial charge in [0.25, 0.3) is 0 Å². The van der Waals surface area contributed by atoms with Crippen molar-refractivity contribution in [2.45, 2.75) is 25.7 Å². The van der Waals surface area contributed by atoms with Crippen molar-refractivity contribution in [2.24, 2.45) is 0 Å². The van der Waals surface area contributed by atoms with Gasteiger partial charge in [0.05, 0.1) is 24.6 Å². The van der Waals surface area contributed by atoms with Crippen LogP contribution in [0.1, 0.15) is 17.5 Å². The quantitative estimate of drug-likeness (QED) is 0.344. The van der Waals surface area contributed by atoms with Gasteiger partial charge in [-0.05, 0) is 30.2 Å². The number of anilines is 1. The summed E-state index contributed by atoms with van der Waals surface area (Å²) in [4.78, 5) is 27.1. The van der Waals surface area contributed by atoms with Crippen molar-refractivity contribution in [3.8, 4) is 0 Å². The van der Waals surface area contributed by atoms with Gasteiger partial charge in [-0.1, -0.05) is 0 Å². The van der Waals surface area contributed by atoms with Crippen molar-refractivity contribution < 1.29 is 17.6 Å². The van der Waals surface area contributed by atoms with E-state index in [1.54, 1.807) is 12.5 Å². The third-order valence-electron chi connectivity index (χ3n) is 4.65. The number of fused-ring (bicyclic) bond motifs is 1. The number of hydrogen-bond donors (Lipinski definition) is 2. The lowest BCUT2D eigenvalue weighted by atomic mass is 10.1. The van der Waals surface area contributed by atoms with Gasteiger partial charge in [-0.15, -0.1) is 0 Å². The molecule has 4 rings (SSSR count). The largest absolute Gasteiger partial charge is 0.416 e. The third kappa shape index (κ3) is 4.57. The number of benzene rings is 1. The second-order valence-electron chi connectivity index (χ2n) is 6.83. The topological polar surface area (TPSA) is 93.4 Å². The maximum Gasteiger partial charge on any atom is 0.416 e. The molecule has 0 amide bonds. The van der Waals surface area contributed by atoms with Gasteiger partial charge in [0.15, 0.2) is 5.65 Å². The van der Waals surface area contributed by atoms with Crippen LogP contribution in [0.15, 0.2) is 47.9 Å². The summed E-state index contributed by atoms with van der Waals surface area (Å²) in [5, 5.41) is 3.02. The molecule has 2 N–H and O–H groups in total. The first-order valence-corrected chi connectivity index (χ1v) is 9.32. The maximum absolute atomic E-state index is 13.6. The molecule has 0 aliphatic rings. The van der Waals surface area contributed by atoms with Crippen molar-refractivity contribution in [1.29, 1.82) is 0 Å². The zero-order valence-corrected chi connectivity index (χ0v) is 16.0. The van der Waals surface area contributed by atoms with E-state index >= 15 is 0 Å². The number of nitrogens with zero attached hydrogens (tertiary/aromatic N) is 5. The van der Waals surface area contributed by atoms with Crippen LogP contribution in [0.3, 0.4) is 0 Å². The summed E-state index contributed by atoms with van der Waals surface area (Å²) in [5.74, 6) is -0.605. The predicted molar refractivity (Wildman–Crippen MR) is 104 cm³/mol. The van der Waals surface area contributed by atoms with Crippen LogP contribution in [0.25, 0.3) is 11.2 Å². The summed E-state index contributed by atoms with van der Waals surface area (Å²) in [6.45, 7) is 0.757. The first-order valence-electron chi connectivity index (χ1n) is 9.32. The van der Waals surface area contributed by atoms with Gasteiger partial charge in [0, 0.05) is 25.5 Å². The molecule has 0 spiro atoms.